The lowest BCUT2D eigenvalue weighted by atomic mass is 9.76. The van der Waals surface area contributed by atoms with Crippen molar-refractivity contribution >= 4 is 23.4 Å². The molecular formula is C18H21N3O5. The maximum absolute atomic E-state index is 13.1. The molecule has 3 amide bonds. The van der Waals surface area contributed by atoms with Crippen molar-refractivity contribution in [1.29, 1.82) is 0 Å². The number of aliphatic hydroxyl groups is 1. The number of rotatable bonds is 4. The Bertz CT molecular complexity index is 795. The molecule has 5 atom stereocenters. The first kappa shape index (κ1) is 17.1. The van der Waals surface area contributed by atoms with Gasteiger partial charge in [0.25, 0.3) is 0 Å². The van der Waals surface area contributed by atoms with Gasteiger partial charge in [-0.05, 0) is 13.0 Å². The first-order chi connectivity index (χ1) is 12.4. The fourth-order valence-electron chi connectivity index (χ4n) is 4.57. The van der Waals surface area contributed by atoms with Crippen molar-refractivity contribution < 1.29 is 24.2 Å². The van der Waals surface area contributed by atoms with Gasteiger partial charge in [0.2, 0.25) is 17.7 Å². The molecule has 1 spiro atoms. The van der Waals surface area contributed by atoms with Gasteiger partial charge < -0.3 is 15.2 Å². The molecule has 2 saturated heterocycles. The van der Waals surface area contributed by atoms with Crippen molar-refractivity contribution in [3.63, 3.8) is 0 Å². The number of anilines is 1. The van der Waals surface area contributed by atoms with Gasteiger partial charge in [-0.1, -0.05) is 18.2 Å². The fraction of sp³-hybridized carbons (Fsp3) is 0.500. The van der Waals surface area contributed by atoms with Gasteiger partial charge in [0.1, 0.15) is 5.54 Å². The van der Waals surface area contributed by atoms with E-state index in [-0.39, 0.29) is 25.0 Å². The average molecular weight is 359 g/mol. The summed E-state index contributed by atoms with van der Waals surface area (Å²) in [6.07, 6.45) is -0.901. The van der Waals surface area contributed by atoms with E-state index in [9.17, 15) is 19.5 Å². The van der Waals surface area contributed by atoms with Gasteiger partial charge in [0.05, 0.1) is 31.1 Å². The molecule has 1 aromatic carbocycles. The first-order valence-corrected chi connectivity index (χ1v) is 8.64. The van der Waals surface area contributed by atoms with Gasteiger partial charge in [-0.3, -0.25) is 24.6 Å². The second-order valence-corrected chi connectivity index (χ2v) is 7.04. The number of likely N-dealkylation sites (tertiary alicyclic amines) is 1. The molecule has 1 aromatic rings. The number of carbonyl (C=O) groups is 3. The highest BCUT2D eigenvalue weighted by atomic mass is 16.5. The van der Waals surface area contributed by atoms with Crippen molar-refractivity contribution in [3.05, 3.63) is 29.8 Å². The first-order valence-electron chi connectivity index (χ1n) is 8.64. The van der Waals surface area contributed by atoms with Crippen LogP contribution in [0.3, 0.4) is 0 Å². The van der Waals surface area contributed by atoms with E-state index in [4.69, 9.17) is 4.74 Å². The number of nitrogens with one attached hydrogen (secondary N) is 2. The second kappa shape index (κ2) is 5.87. The van der Waals surface area contributed by atoms with E-state index in [0.29, 0.717) is 11.3 Å². The average Bonchev–Trinajstić information content (AvgIpc) is 3.20. The predicted molar refractivity (Wildman–Crippen MR) is 90.9 cm³/mol. The second-order valence-electron chi connectivity index (χ2n) is 7.04. The molecule has 3 aliphatic heterocycles. The number of aliphatic hydroxyl groups excluding tert-OH is 1. The Hall–Kier alpha value is -2.29. The number of methoxy groups -OCH3 is 1. The van der Waals surface area contributed by atoms with Crippen molar-refractivity contribution in [2.45, 2.75) is 24.6 Å². The molecule has 2 fully saturated rings. The number of nitrogens with zero attached hydrogens (tertiary/aromatic N) is 1. The number of fused-ring (bicyclic) bond motifs is 4. The zero-order chi connectivity index (χ0) is 18.6. The SMILES string of the molecule is COCCN1C(=O)[C@@H]2C(C(C)O)NC3(C(=O)Nc4ccccc43)[C@@H]2C1=O. The third-order valence-electron chi connectivity index (χ3n) is 5.69. The number of imide groups is 1. The highest BCUT2D eigenvalue weighted by Crippen LogP contribution is 2.53. The maximum Gasteiger partial charge on any atom is 0.250 e. The van der Waals surface area contributed by atoms with Crippen LogP contribution in [-0.2, 0) is 24.7 Å². The number of benzene rings is 1. The Balaban J connectivity index is 1.85. The topological polar surface area (TPSA) is 108 Å². The predicted octanol–water partition coefficient (Wildman–Crippen LogP) is -0.566. The van der Waals surface area contributed by atoms with E-state index in [1.165, 1.54) is 7.11 Å². The Morgan fingerprint density at radius 1 is 1.27 bits per heavy atom. The summed E-state index contributed by atoms with van der Waals surface area (Å²) in [5.74, 6) is -2.83. The number of carbonyl (C=O) groups excluding carboxylic acids is 3. The molecule has 138 valence electrons. The van der Waals surface area contributed by atoms with Crippen LogP contribution in [-0.4, -0.2) is 60.1 Å². The van der Waals surface area contributed by atoms with Crippen LogP contribution in [0.25, 0.3) is 0 Å². The Morgan fingerprint density at radius 3 is 2.69 bits per heavy atom. The summed E-state index contributed by atoms with van der Waals surface area (Å²) in [6.45, 7) is 1.91. The van der Waals surface area contributed by atoms with Gasteiger partial charge in [-0.25, -0.2) is 0 Å². The van der Waals surface area contributed by atoms with E-state index in [0.717, 1.165) is 4.90 Å². The summed E-state index contributed by atoms with van der Waals surface area (Å²) in [5, 5.41) is 16.2. The molecule has 8 nitrogen and oxygen atoms in total. The highest BCUT2D eigenvalue weighted by Gasteiger charge is 2.70. The molecule has 3 aliphatic rings. The highest BCUT2D eigenvalue weighted by molar-refractivity contribution is 6.15. The van der Waals surface area contributed by atoms with Crippen LogP contribution in [0.5, 0.6) is 0 Å². The zero-order valence-electron chi connectivity index (χ0n) is 14.6. The minimum atomic E-state index is -1.35. The number of amides is 3. The van der Waals surface area contributed by atoms with E-state index >= 15 is 0 Å². The minimum absolute atomic E-state index is 0.132. The summed E-state index contributed by atoms with van der Waals surface area (Å²) >= 11 is 0. The monoisotopic (exact) mass is 359 g/mol. The molecule has 3 N–H and O–H groups in total. The smallest absolute Gasteiger partial charge is 0.250 e. The van der Waals surface area contributed by atoms with Crippen molar-refractivity contribution in [2.24, 2.45) is 11.8 Å². The van der Waals surface area contributed by atoms with Crippen LogP contribution in [0.1, 0.15) is 12.5 Å². The molecule has 0 saturated carbocycles. The lowest BCUT2D eigenvalue weighted by molar-refractivity contribution is -0.143. The van der Waals surface area contributed by atoms with Gasteiger partial charge >= 0.3 is 0 Å². The summed E-state index contributed by atoms with van der Waals surface area (Å²) in [7, 11) is 1.49. The lowest BCUT2D eigenvalue weighted by Gasteiger charge is -2.30. The van der Waals surface area contributed by atoms with Crippen molar-refractivity contribution in [1.82, 2.24) is 10.2 Å². The molecule has 3 unspecified atom stereocenters. The minimum Gasteiger partial charge on any atom is -0.392 e. The molecule has 3 heterocycles. The molecular weight excluding hydrogens is 338 g/mol. The van der Waals surface area contributed by atoms with E-state index in [1.807, 2.05) is 0 Å². The van der Waals surface area contributed by atoms with Gasteiger partial charge in [0, 0.05) is 24.4 Å². The summed E-state index contributed by atoms with van der Waals surface area (Å²) < 4.78 is 5.00. The standard InChI is InChI=1S/C18H21N3O5/c1-9(22)14-12-13(16(24)21(15(12)23)7-8-26-2)18(20-14)10-5-3-4-6-11(10)19-17(18)25/h3-6,9,12-14,20,22H,7-8H2,1-2H3,(H,19,25)/t9?,12-,13-,14?,18?/m0/s1. The molecule has 0 radical (unpaired) electrons. The summed E-state index contributed by atoms with van der Waals surface area (Å²) in [5.41, 5.74) is -0.0965. The number of ether oxygens (including phenoxy) is 1. The molecule has 0 aliphatic carbocycles. The molecule has 4 rings (SSSR count). The lowest BCUT2D eigenvalue weighted by Crippen LogP contribution is -2.55. The molecule has 0 aromatic heterocycles. The van der Waals surface area contributed by atoms with Crippen molar-refractivity contribution in [3.8, 4) is 0 Å². The van der Waals surface area contributed by atoms with Gasteiger partial charge in [0.15, 0.2) is 0 Å². The molecule has 8 heteroatoms. The van der Waals surface area contributed by atoms with E-state index < -0.39 is 35.4 Å². The Morgan fingerprint density at radius 2 is 2.00 bits per heavy atom. The van der Waals surface area contributed by atoms with E-state index in [2.05, 4.69) is 10.6 Å². The number of hydrogen-bond donors (Lipinski definition) is 3. The zero-order valence-corrected chi connectivity index (χ0v) is 14.6. The summed E-state index contributed by atoms with van der Waals surface area (Å²) in [6, 6.07) is 6.43. The molecule has 0 bridgehead atoms. The third-order valence-corrected chi connectivity index (χ3v) is 5.69. The van der Waals surface area contributed by atoms with Crippen molar-refractivity contribution in [2.75, 3.05) is 25.6 Å². The van der Waals surface area contributed by atoms with Crippen LogP contribution in [0, 0.1) is 11.8 Å². The normalized spacial score (nSPS) is 33.6. The van der Waals surface area contributed by atoms with Crippen LogP contribution in [0.2, 0.25) is 0 Å². The van der Waals surface area contributed by atoms with Crippen LogP contribution in [0.4, 0.5) is 5.69 Å². The Kier molecular flexibility index (Phi) is 3.87. The largest absolute Gasteiger partial charge is 0.392 e. The number of para-hydroxylation sites is 1. The maximum atomic E-state index is 13.1. The van der Waals surface area contributed by atoms with Gasteiger partial charge in [-0.2, -0.15) is 0 Å². The van der Waals surface area contributed by atoms with Crippen LogP contribution in [0.15, 0.2) is 24.3 Å². The Labute approximate surface area is 150 Å². The molecule has 26 heavy (non-hydrogen) atoms. The van der Waals surface area contributed by atoms with Crippen LogP contribution >= 0.6 is 0 Å². The quantitative estimate of drug-likeness (QED) is 0.622. The van der Waals surface area contributed by atoms with Crippen LogP contribution < -0.4 is 10.6 Å². The van der Waals surface area contributed by atoms with Gasteiger partial charge in [-0.15, -0.1) is 0 Å². The third kappa shape index (κ3) is 2.03. The van der Waals surface area contributed by atoms with E-state index in [1.54, 1.807) is 31.2 Å². The fourth-order valence-corrected chi connectivity index (χ4v) is 4.57. The summed E-state index contributed by atoms with van der Waals surface area (Å²) in [4.78, 5) is 40.2. The number of hydrogen-bond acceptors (Lipinski definition) is 6.